The molecular weight excluding hydrogens is 617 g/mol. The Morgan fingerprint density at radius 2 is 1.69 bits per heavy atom. The van der Waals surface area contributed by atoms with Gasteiger partial charge in [0.2, 0.25) is 0 Å². The predicted molar refractivity (Wildman–Crippen MR) is 172 cm³/mol. The van der Waals surface area contributed by atoms with E-state index >= 15 is 4.39 Å². The van der Waals surface area contributed by atoms with Crippen molar-refractivity contribution in [2.45, 2.75) is 68.0 Å². The molecule has 2 saturated heterocycles. The topological polar surface area (TPSA) is 79.4 Å². The van der Waals surface area contributed by atoms with Crippen molar-refractivity contribution in [3.8, 4) is 11.5 Å². The molecule has 6 rings (SSSR count). The fourth-order valence-corrected chi connectivity index (χ4v) is 9.02. The molecule has 3 heterocycles. The van der Waals surface area contributed by atoms with E-state index in [1.165, 1.54) is 44.2 Å². The maximum atomic E-state index is 15.8. The molecule has 3 aliphatic heterocycles. The Balaban J connectivity index is 1.43. The molecule has 3 atom stereocenters. The lowest BCUT2D eigenvalue weighted by Gasteiger charge is -2.39. The van der Waals surface area contributed by atoms with Crippen molar-refractivity contribution < 1.29 is 27.1 Å². The zero-order chi connectivity index (χ0) is 32.1. The molecule has 0 aliphatic carbocycles. The lowest BCUT2D eigenvalue weighted by Crippen LogP contribution is -2.52. The first kappa shape index (κ1) is 31.8. The summed E-state index contributed by atoms with van der Waals surface area (Å²) in [5.74, 6) is -0.617. The second-order valence-electron chi connectivity index (χ2n) is 12.5. The van der Waals surface area contributed by atoms with Gasteiger partial charge in [-0.1, -0.05) is 29.8 Å². The van der Waals surface area contributed by atoms with Gasteiger partial charge in [0, 0.05) is 36.8 Å². The van der Waals surface area contributed by atoms with Crippen molar-refractivity contribution in [1.82, 2.24) is 9.80 Å². The zero-order valence-electron chi connectivity index (χ0n) is 26.0. The summed E-state index contributed by atoms with van der Waals surface area (Å²) in [6.45, 7) is 6.32. The van der Waals surface area contributed by atoms with Crippen molar-refractivity contribution in [3.05, 3.63) is 82.6 Å². The molecule has 2 bridgehead atoms. The number of halogens is 2. The third kappa shape index (κ3) is 5.49. The van der Waals surface area contributed by atoms with Crippen molar-refractivity contribution in [2.75, 3.05) is 38.1 Å². The van der Waals surface area contributed by atoms with Gasteiger partial charge in [-0.3, -0.25) is 9.69 Å². The second-order valence-corrected chi connectivity index (χ2v) is 14.7. The van der Waals surface area contributed by atoms with Crippen LogP contribution in [0.15, 0.2) is 65.6 Å². The molecule has 0 N–H and O–H groups in total. The zero-order valence-corrected chi connectivity index (χ0v) is 27.6. The van der Waals surface area contributed by atoms with Crippen LogP contribution in [0.5, 0.6) is 11.5 Å². The van der Waals surface area contributed by atoms with Crippen LogP contribution < -0.4 is 13.8 Å². The number of anilines is 1. The Kier molecular flexibility index (Phi) is 8.62. The van der Waals surface area contributed by atoms with Gasteiger partial charge in [-0.05, 0) is 95.1 Å². The van der Waals surface area contributed by atoms with Crippen LogP contribution in [0.2, 0.25) is 5.02 Å². The monoisotopic (exact) mass is 655 g/mol. The highest BCUT2D eigenvalue weighted by Gasteiger charge is 2.57. The van der Waals surface area contributed by atoms with Crippen molar-refractivity contribution in [1.29, 1.82) is 0 Å². The summed E-state index contributed by atoms with van der Waals surface area (Å²) >= 11 is 6.63. The molecule has 2 fully saturated rings. The van der Waals surface area contributed by atoms with Gasteiger partial charge in [0.15, 0.2) is 0 Å². The van der Waals surface area contributed by atoms with E-state index in [2.05, 4.69) is 16.8 Å². The number of sulfonamides is 1. The highest BCUT2D eigenvalue weighted by atomic mass is 35.5. The molecule has 0 saturated carbocycles. The number of nitrogens with zero attached hydrogens (tertiary/aromatic N) is 3. The van der Waals surface area contributed by atoms with Gasteiger partial charge in [0.25, 0.3) is 15.9 Å². The molecule has 3 aromatic rings. The number of hydrogen-bond donors (Lipinski definition) is 0. The largest absolute Gasteiger partial charge is 0.495 e. The molecule has 240 valence electrons. The van der Waals surface area contributed by atoms with Gasteiger partial charge >= 0.3 is 0 Å². The number of fused-ring (bicyclic) bond motifs is 3. The van der Waals surface area contributed by atoms with E-state index in [-0.39, 0.29) is 39.4 Å². The van der Waals surface area contributed by atoms with Crippen LogP contribution in [0, 0.1) is 5.82 Å². The number of ether oxygens (including phenoxy) is 2. The first-order valence-electron chi connectivity index (χ1n) is 15.4. The smallest absolute Gasteiger partial charge is 0.270 e. The van der Waals surface area contributed by atoms with Crippen LogP contribution in [0.25, 0.3) is 0 Å². The number of methoxy groups -OCH3 is 1. The normalized spacial score (nSPS) is 23.5. The molecule has 1 amide bonds. The van der Waals surface area contributed by atoms with Gasteiger partial charge in [-0.15, -0.1) is 0 Å². The summed E-state index contributed by atoms with van der Waals surface area (Å²) in [4.78, 5) is 19.6. The summed E-state index contributed by atoms with van der Waals surface area (Å²) in [7, 11) is -0.843. The number of carbonyl (C=O) groups is 1. The number of likely N-dealkylation sites (tertiary alicyclic amines) is 1. The fourth-order valence-electron chi connectivity index (χ4n) is 7.31. The van der Waals surface area contributed by atoms with Crippen LogP contribution in [0.3, 0.4) is 0 Å². The van der Waals surface area contributed by atoms with Gasteiger partial charge in [-0.2, -0.15) is 0 Å². The Morgan fingerprint density at radius 3 is 2.31 bits per heavy atom. The molecule has 0 radical (unpaired) electrons. The van der Waals surface area contributed by atoms with Gasteiger partial charge < -0.3 is 14.4 Å². The van der Waals surface area contributed by atoms with Gasteiger partial charge in [-0.25, -0.2) is 17.1 Å². The van der Waals surface area contributed by atoms with Crippen LogP contribution in [-0.2, 0) is 20.2 Å². The van der Waals surface area contributed by atoms with Crippen LogP contribution in [0.4, 0.5) is 10.1 Å². The van der Waals surface area contributed by atoms with E-state index in [0.717, 1.165) is 17.4 Å². The van der Waals surface area contributed by atoms with E-state index in [1.54, 1.807) is 36.4 Å². The third-order valence-corrected chi connectivity index (χ3v) is 11.5. The summed E-state index contributed by atoms with van der Waals surface area (Å²) in [5.41, 5.74) is -1.07. The molecule has 45 heavy (non-hydrogen) atoms. The molecule has 3 aromatic carbocycles. The average molecular weight is 656 g/mol. The Labute approximate surface area is 269 Å². The first-order valence-corrected chi connectivity index (χ1v) is 17.2. The van der Waals surface area contributed by atoms with E-state index in [0.29, 0.717) is 36.4 Å². The van der Waals surface area contributed by atoms with E-state index in [9.17, 15) is 13.2 Å². The average Bonchev–Trinajstić information content (AvgIpc) is 3.34. The summed E-state index contributed by atoms with van der Waals surface area (Å²) in [5, 5.41) is 0.204. The number of likely N-dealkylation sites (N-methyl/N-ethyl adjacent to an activating group) is 1. The van der Waals surface area contributed by atoms with Gasteiger partial charge in [0.1, 0.15) is 22.7 Å². The number of amides is 1. The fraction of sp³-hybridized carbons (Fsp3) is 0.441. The minimum Gasteiger partial charge on any atom is -0.495 e. The number of rotatable bonds is 10. The van der Waals surface area contributed by atoms with Crippen LogP contribution in [-0.4, -0.2) is 76.1 Å². The summed E-state index contributed by atoms with van der Waals surface area (Å²) in [6, 6.07) is 16.1. The quantitative estimate of drug-likeness (QED) is 0.271. The number of benzene rings is 3. The minimum absolute atomic E-state index is 0.0935. The molecule has 8 nitrogen and oxygen atoms in total. The lowest BCUT2D eigenvalue weighted by molar-refractivity contribution is -0.121. The number of hydrogen-bond acceptors (Lipinski definition) is 7. The van der Waals surface area contributed by atoms with Crippen molar-refractivity contribution >= 4 is 33.2 Å². The highest BCUT2D eigenvalue weighted by molar-refractivity contribution is 7.93. The predicted octanol–water partition coefficient (Wildman–Crippen LogP) is 5.86. The van der Waals surface area contributed by atoms with E-state index in [1.807, 2.05) is 13.8 Å². The molecule has 0 aromatic heterocycles. The second kappa shape index (κ2) is 12.2. The lowest BCUT2D eigenvalue weighted by atomic mass is 9.71. The Morgan fingerprint density at radius 1 is 1.02 bits per heavy atom. The molecular formula is C34H39ClFN3O5S. The molecule has 3 aliphatic rings. The Hall–Kier alpha value is -3.18. The third-order valence-electron chi connectivity index (χ3n) is 9.51. The van der Waals surface area contributed by atoms with Crippen molar-refractivity contribution in [2.24, 2.45) is 0 Å². The summed E-state index contributed by atoms with van der Waals surface area (Å²) in [6.07, 6.45) is 2.97. The maximum Gasteiger partial charge on any atom is 0.270 e. The number of carbonyl (C=O) groups excluding carboxylic acids is 1. The minimum atomic E-state index is -4.44. The van der Waals surface area contributed by atoms with Gasteiger partial charge in [0.05, 0.1) is 28.8 Å². The van der Waals surface area contributed by atoms with Crippen LogP contribution in [0.1, 0.15) is 50.7 Å². The van der Waals surface area contributed by atoms with E-state index in [4.69, 9.17) is 21.1 Å². The number of piperazine rings is 1. The van der Waals surface area contributed by atoms with E-state index < -0.39 is 27.2 Å². The van der Waals surface area contributed by atoms with Crippen molar-refractivity contribution in [3.63, 3.8) is 0 Å². The highest BCUT2D eigenvalue weighted by Crippen LogP contribution is 2.53. The Bertz CT molecular complexity index is 1690. The van der Waals surface area contributed by atoms with Crippen LogP contribution >= 0.6 is 11.6 Å². The molecule has 11 heteroatoms. The maximum absolute atomic E-state index is 15.8. The molecule has 0 spiro atoms. The summed E-state index contributed by atoms with van der Waals surface area (Å²) < 4.78 is 56.5. The standard InChI is InChI=1S/C34H39ClFN3O5S/c1-22(2)44-25-12-14-26(15-13-25)45(41,42)39-31-19-32(43-4)29(35)18-28(31)34(33(39)40,27-8-5-6-9-30(27)36)16-7-17-38-20-23-10-11-24(21-38)37(23)3/h5-6,8-9,12-15,18-19,22-24H,7,10-11,16-17,20-21H2,1-4H3. The SMILES string of the molecule is COc1cc2c(cc1Cl)C(CCCN1CC3CCC(C1)N3C)(c1ccccc1F)C(=O)N2S(=O)(=O)c1ccc(OC(C)C)cc1. The molecule has 3 unspecified atom stereocenters. The first-order chi connectivity index (χ1) is 21.5.